The van der Waals surface area contributed by atoms with Gasteiger partial charge in [-0.1, -0.05) is 55.1 Å². The quantitative estimate of drug-likeness (QED) is 0.192. The first-order valence-corrected chi connectivity index (χ1v) is 11.5. The van der Waals surface area contributed by atoms with Crippen molar-refractivity contribution in [3.05, 3.63) is 42.0 Å². The van der Waals surface area contributed by atoms with Crippen LogP contribution in [0.4, 0.5) is 0 Å². The second kappa shape index (κ2) is 22.9. The Morgan fingerprint density at radius 3 is 1.75 bits per heavy atom. The van der Waals surface area contributed by atoms with Gasteiger partial charge >= 0.3 is 0 Å². The Morgan fingerprint density at radius 2 is 1.22 bits per heavy atom. The van der Waals surface area contributed by atoms with Gasteiger partial charge < -0.3 is 33.7 Å². The molecule has 1 N–H and O–H groups in total. The molecule has 7 nitrogen and oxygen atoms in total. The lowest BCUT2D eigenvalue weighted by Gasteiger charge is -2.08. The molecule has 0 saturated carbocycles. The minimum absolute atomic E-state index is 0.560. The molecule has 0 saturated heterocycles. The van der Waals surface area contributed by atoms with E-state index in [0.29, 0.717) is 66.1 Å². The predicted octanol–water partition coefficient (Wildman–Crippen LogP) is 2.27. The predicted molar refractivity (Wildman–Crippen MR) is 130 cm³/mol. The molecule has 0 amide bonds. The third kappa shape index (κ3) is 18.3. The first kappa shape index (κ1) is 28.8. The van der Waals surface area contributed by atoms with Crippen molar-refractivity contribution in [1.82, 2.24) is 5.32 Å². The molecule has 0 atom stereocenters. The number of methoxy groups -OCH3 is 1. The van der Waals surface area contributed by atoms with Crippen molar-refractivity contribution >= 4 is 13.4 Å². The fourth-order valence-corrected chi connectivity index (χ4v) is 2.65. The second-order valence-electron chi connectivity index (χ2n) is 7.03. The van der Waals surface area contributed by atoms with Crippen LogP contribution in [0, 0.1) is 0 Å². The highest BCUT2D eigenvalue weighted by molar-refractivity contribution is 6.34. The van der Waals surface area contributed by atoms with E-state index in [2.05, 4.69) is 43.4 Å². The normalized spacial score (nSPS) is 11.0. The van der Waals surface area contributed by atoms with Crippen LogP contribution in [0.2, 0.25) is 6.32 Å². The standard InChI is InChI=1S/C24H41BNO6/c1-3-23-4-6-24(7-5-23)22-25-8-11-28-14-16-30-18-20-32-21-19-31-17-15-29-13-10-26-9-12-27-2/h3-7,26H,1,8-22H2,2H3. The fraction of sp³-hybridized carbons (Fsp3) is 0.667. The van der Waals surface area contributed by atoms with Crippen LogP contribution in [-0.2, 0) is 34.7 Å². The fourth-order valence-electron chi connectivity index (χ4n) is 2.65. The maximum absolute atomic E-state index is 5.58. The van der Waals surface area contributed by atoms with Crippen LogP contribution < -0.4 is 5.32 Å². The van der Waals surface area contributed by atoms with Gasteiger partial charge in [-0.15, -0.1) is 0 Å². The Labute approximate surface area is 195 Å². The van der Waals surface area contributed by atoms with E-state index in [0.717, 1.165) is 37.9 Å². The Bertz CT molecular complexity index is 532. The molecule has 1 rings (SSSR count). The average molecular weight is 450 g/mol. The smallest absolute Gasteiger partial charge is 0.118 e. The SMILES string of the molecule is C=Cc1ccc(C[B]CCOCCOCCOCCOCCOCCNCCOC)cc1. The zero-order valence-electron chi connectivity index (χ0n) is 19.7. The minimum Gasteiger partial charge on any atom is -0.383 e. The van der Waals surface area contributed by atoms with Crippen LogP contribution >= 0.6 is 0 Å². The minimum atomic E-state index is 0.560. The van der Waals surface area contributed by atoms with Gasteiger partial charge in [0.15, 0.2) is 0 Å². The summed E-state index contributed by atoms with van der Waals surface area (Å²) in [6.07, 6.45) is 3.75. The summed E-state index contributed by atoms with van der Waals surface area (Å²) in [6.45, 7) is 12.1. The van der Waals surface area contributed by atoms with E-state index in [9.17, 15) is 0 Å². The molecule has 0 aliphatic rings. The van der Waals surface area contributed by atoms with Gasteiger partial charge in [0.25, 0.3) is 0 Å². The highest BCUT2D eigenvalue weighted by Crippen LogP contribution is 2.06. The van der Waals surface area contributed by atoms with Crippen LogP contribution in [0.3, 0.4) is 0 Å². The number of hydrogen-bond acceptors (Lipinski definition) is 7. The van der Waals surface area contributed by atoms with E-state index < -0.39 is 0 Å². The Kier molecular flexibility index (Phi) is 20.6. The van der Waals surface area contributed by atoms with E-state index in [1.54, 1.807) is 7.11 Å². The molecule has 0 aliphatic carbocycles. The number of ether oxygens (including phenoxy) is 6. The van der Waals surface area contributed by atoms with Crippen LogP contribution in [0.1, 0.15) is 11.1 Å². The highest BCUT2D eigenvalue weighted by Gasteiger charge is 1.97. The summed E-state index contributed by atoms with van der Waals surface area (Å²) < 4.78 is 32.4. The second-order valence-corrected chi connectivity index (χ2v) is 7.03. The van der Waals surface area contributed by atoms with Crippen molar-refractivity contribution in [2.24, 2.45) is 0 Å². The maximum atomic E-state index is 5.58. The number of nitrogens with one attached hydrogen (secondary N) is 1. The maximum Gasteiger partial charge on any atom is 0.118 e. The van der Waals surface area contributed by atoms with Gasteiger partial charge in [-0.05, 0) is 5.56 Å². The lowest BCUT2D eigenvalue weighted by molar-refractivity contribution is -0.00998. The summed E-state index contributed by atoms with van der Waals surface area (Å²) in [7, 11) is 3.93. The van der Waals surface area contributed by atoms with Gasteiger partial charge in [0.2, 0.25) is 0 Å². The van der Waals surface area contributed by atoms with E-state index >= 15 is 0 Å². The first-order chi connectivity index (χ1) is 15.9. The van der Waals surface area contributed by atoms with E-state index in [4.69, 9.17) is 28.4 Å². The molecule has 0 fully saturated rings. The molecule has 0 aliphatic heterocycles. The van der Waals surface area contributed by atoms with Crippen LogP contribution in [0.5, 0.6) is 0 Å². The summed E-state index contributed by atoms with van der Waals surface area (Å²) in [5.74, 6) is 0. The summed E-state index contributed by atoms with van der Waals surface area (Å²) in [5.41, 5.74) is 2.45. The lowest BCUT2D eigenvalue weighted by Crippen LogP contribution is -2.24. The van der Waals surface area contributed by atoms with Crippen molar-refractivity contribution in [3.8, 4) is 0 Å². The number of hydrogen-bond donors (Lipinski definition) is 1. The molecule has 1 aromatic carbocycles. The monoisotopic (exact) mass is 450 g/mol. The van der Waals surface area contributed by atoms with Crippen molar-refractivity contribution < 1.29 is 28.4 Å². The first-order valence-electron chi connectivity index (χ1n) is 11.5. The molecular formula is C24H41BNO6. The third-order valence-electron chi connectivity index (χ3n) is 4.46. The van der Waals surface area contributed by atoms with Gasteiger partial charge in [-0.3, -0.25) is 0 Å². The largest absolute Gasteiger partial charge is 0.383 e. The molecule has 0 unspecified atom stereocenters. The Morgan fingerprint density at radius 1 is 0.719 bits per heavy atom. The molecule has 181 valence electrons. The Hall–Kier alpha value is -1.26. The lowest BCUT2D eigenvalue weighted by atomic mass is 9.69. The van der Waals surface area contributed by atoms with Crippen molar-refractivity contribution in [2.45, 2.75) is 12.6 Å². The molecule has 32 heavy (non-hydrogen) atoms. The average Bonchev–Trinajstić information content (AvgIpc) is 2.82. The molecule has 8 heteroatoms. The zero-order chi connectivity index (χ0) is 23.0. The molecule has 0 aromatic heterocycles. The topological polar surface area (TPSA) is 67.4 Å². The van der Waals surface area contributed by atoms with Crippen LogP contribution in [0.25, 0.3) is 6.08 Å². The van der Waals surface area contributed by atoms with Crippen LogP contribution in [-0.4, -0.2) is 100 Å². The molecule has 1 aromatic rings. The van der Waals surface area contributed by atoms with E-state index in [1.807, 2.05) is 6.08 Å². The zero-order valence-corrected chi connectivity index (χ0v) is 19.7. The van der Waals surface area contributed by atoms with Gasteiger partial charge in [0, 0.05) is 26.8 Å². The van der Waals surface area contributed by atoms with Gasteiger partial charge in [-0.2, -0.15) is 0 Å². The molecule has 0 heterocycles. The molecule has 1 radical (unpaired) electrons. The third-order valence-corrected chi connectivity index (χ3v) is 4.46. The van der Waals surface area contributed by atoms with Crippen LogP contribution in [0.15, 0.2) is 30.8 Å². The molecule has 0 spiro atoms. The van der Waals surface area contributed by atoms with Gasteiger partial charge in [0.05, 0.1) is 66.1 Å². The van der Waals surface area contributed by atoms with Gasteiger partial charge in [-0.25, -0.2) is 0 Å². The summed E-state index contributed by atoms with van der Waals surface area (Å²) in [5, 5.41) is 3.22. The summed E-state index contributed by atoms with van der Waals surface area (Å²) >= 11 is 0. The van der Waals surface area contributed by atoms with Crippen molar-refractivity contribution in [2.75, 3.05) is 92.9 Å². The van der Waals surface area contributed by atoms with Crippen molar-refractivity contribution in [3.63, 3.8) is 0 Å². The number of benzene rings is 1. The highest BCUT2D eigenvalue weighted by atomic mass is 16.6. The van der Waals surface area contributed by atoms with E-state index in [1.165, 1.54) is 5.56 Å². The summed E-state index contributed by atoms with van der Waals surface area (Å²) in [6, 6.07) is 8.44. The Balaban J connectivity index is 1.70. The van der Waals surface area contributed by atoms with Gasteiger partial charge in [0.1, 0.15) is 7.28 Å². The molecule has 0 bridgehead atoms. The summed E-state index contributed by atoms with van der Waals surface area (Å²) in [4.78, 5) is 0. The molecular weight excluding hydrogens is 409 g/mol. The van der Waals surface area contributed by atoms with Crippen molar-refractivity contribution in [1.29, 1.82) is 0 Å². The van der Waals surface area contributed by atoms with E-state index in [-0.39, 0.29) is 0 Å². The number of rotatable bonds is 24.